The van der Waals surface area contributed by atoms with Crippen LogP contribution in [0.2, 0.25) is 0 Å². The summed E-state index contributed by atoms with van der Waals surface area (Å²) < 4.78 is 55.4. The number of imidazole rings is 1. The highest BCUT2D eigenvalue weighted by molar-refractivity contribution is 7.44. The van der Waals surface area contributed by atoms with Crippen molar-refractivity contribution < 1.29 is 61.5 Å². The van der Waals surface area contributed by atoms with Crippen LogP contribution in [0.4, 0.5) is 19.1 Å². The Morgan fingerprint density at radius 1 is 1.29 bits per heavy atom. The van der Waals surface area contributed by atoms with E-state index in [4.69, 9.17) is 25.3 Å². The summed E-state index contributed by atoms with van der Waals surface area (Å²) in [7, 11) is -5.05. The van der Waals surface area contributed by atoms with Crippen LogP contribution >= 0.6 is 7.82 Å². The second-order valence-electron chi connectivity index (χ2n) is 7.87. The van der Waals surface area contributed by atoms with E-state index in [-0.39, 0.29) is 17.1 Å². The number of aliphatic carboxylic acids is 1. The average molecular weight is 567 g/mol. The number of alkyl halides is 3. The van der Waals surface area contributed by atoms with E-state index >= 15 is 0 Å². The molecule has 0 saturated carbocycles. The number of aliphatic hydroxyl groups excluding tert-OH is 2. The summed E-state index contributed by atoms with van der Waals surface area (Å²) in [5.41, 5.74) is 6.30. The Morgan fingerprint density at radius 2 is 1.89 bits per heavy atom. The number of carboxylic acid groups (broad SMARTS) is 1. The van der Waals surface area contributed by atoms with Gasteiger partial charge in [-0.2, -0.15) is 13.2 Å². The number of phosphoric acid groups is 1. The molecule has 4 rings (SSSR count). The summed E-state index contributed by atoms with van der Waals surface area (Å²) in [6.07, 6.45) is -9.15. The van der Waals surface area contributed by atoms with Gasteiger partial charge in [0.15, 0.2) is 6.33 Å². The highest BCUT2D eigenvalue weighted by atomic mass is 31.2. The lowest BCUT2D eigenvalue weighted by Gasteiger charge is -2.19. The lowest BCUT2D eigenvalue weighted by atomic mass is 10.1. The Morgan fingerprint density at radius 3 is 2.45 bits per heavy atom. The number of rotatable bonds is 6. The minimum atomic E-state index is -5.08. The SMILES string of the molecule is Nc1nc2c(c(=O)[nH]1)n(Cc1ccccc1)c[n+]2[C@@H]1O[C@H](COP(=O)([O-])O)[C@@H](O)[C@H]1O.O=C(O)C(F)(F)F. The maximum Gasteiger partial charge on any atom is 0.490 e. The number of H-pyrrole nitrogens is 1. The summed E-state index contributed by atoms with van der Waals surface area (Å²) in [5, 5.41) is 27.9. The molecule has 0 amide bonds. The van der Waals surface area contributed by atoms with Crippen LogP contribution in [0.1, 0.15) is 11.8 Å². The van der Waals surface area contributed by atoms with Gasteiger partial charge in [0, 0.05) is 0 Å². The van der Waals surface area contributed by atoms with Gasteiger partial charge in [-0.05, 0) is 5.56 Å². The molecular formula is C19H21F3N5O10P. The molecule has 1 aliphatic rings. The number of nitrogens with one attached hydrogen (secondary N) is 1. The first-order valence-corrected chi connectivity index (χ1v) is 11.9. The molecule has 0 spiro atoms. The molecule has 0 aliphatic carbocycles. The summed E-state index contributed by atoms with van der Waals surface area (Å²) >= 11 is 0. The Labute approximate surface area is 209 Å². The predicted molar refractivity (Wildman–Crippen MR) is 116 cm³/mol. The first kappa shape index (κ1) is 29.2. The molecule has 15 nitrogen and oxygen atoms in total. The lowest BCUT2D eigenvalue weighted by Crippen LogP contribution is -2.46. The number of benzene rings is 1. The molecule has 5 atom stereocenters. The molecule has 1 unspecified atom stereocenters. The highest BCUT2D eigenvalue weighted by Crippen LogP contribution is 2.34. The van der Waals surface area contributed by atoms with Crippen molar-refractivity contribution in [3.63, 3.8) is 0 Å². The minimum absolute atomic E-state index is 0.0895. The van der Waals surface area contributed by atoms with Gasteiger partial charge in [0.1, 0.15) is 18.3 Å². The number of carbonyl (C=O) groups is 1. The van der Waals surface area contributed by atoms with E-state index in [0.29, 0.717) is 6.54 Å². The van der Waals surface area contributed by atoms with Crippen molar-refractivity contribution in [2.75, 3.05) is 12.3 Å². The topological polar surface area (TPSA) is 237 Å². The van der Waals surface area contributed by atoms with E-state index in [0.717, 1.165) is 5.56 Å². The maximum absolute atomic E-state index is 12.6. The van der Waals surface area contributed by atoms with Gasteiger partial charge in [-0.15, -0.1) is 0 Å². The standard InChI is InChI=1S/C17H20N5O8P.C2HF3O2/c18-17-19-14-11(15(25)20-17)21(6-9-4-2-1-3-5-9)8-22(14)16-13(24)12(23)10(30-16)7-29-31(26,27)28;3-2(4,5)1(6)7/h1-5,8,10,12-13,16,23-24H,6-7H2,(H4-,18,19,20,25,26,27,28);(H,6,7)/t10-,12-,13-,16-;/m1./s1. The molecule has 2 aromatic heterocycles. The van der Waals surface area contributed by atoms with Crippen molar-refractivity contribution in [2.45, 2.75) is 37.3 Å². The molecule has 7 N–H and O–H groups in total. The summed E-state index contributed by atoms with van der Waals surface area (Å²) in [5.74, 6) is -2.92. The van der Waals surface area contributed by atoms with Crippen LogP contribution < -0.4 is 20.8 Å². The summed E-state index contributed by atoms with van der Waals surface area (Å²) in [6, 6.07) is 9.27. The third-order valence-electron chi connectivity index (χ3n) is 5.14. The van der Waals surface area contributed by atoms with E-state index in [2.05, 4.69) is 14.5 Å². The Hall–Kier alpha value is -3.38. The fraction of sp³-hybridized carbons (Fsp3) is 0.368. The van der Waals surface area contributed by atoms with Crippen molar-refractivity contribution in [3.05, 3.63) is 52.6 Å². The van der Waals surface area contributed by atoms with E-state index < -0.39 is 56.7 Å². The number of aliphatic hydroxyl groups is 2. The Bertz CT molecular complexity index is 1390. The third kappa shape index (κ3) is 6.93. The van der Waals surface area contributed by atoms with Gasteiger partial charge < -0.3 is 40.1 Å². The molecule has 0 bridgehead atoms. The zero-order chi connectivity index (χ0) is 28.4. The molecule has 208 valence electrons. The van der Waals surface area contributed by atoms with Gasteiger partial charge in [0.25, 0.3) is 19.3 Å². The second kappa shape index (κ2) is 11.2. The van der Waals surface area contributed by atoms with Crippen LogP contribution in [-0.4, -0.2) is 71.8 Å². The number of halogens is 3. The van der Waals surface area contributed by atoms with Crippen LogP contribution in [0.25, 0.3) is 11.2 Å². The molecule has 3 heterocycles. The zero-order valence-electron chi connectivity index (χ0n) is 18.9. The normalized spacial score (nSPS) is 23.0. The van der Waals surface area contributed by atoms with Crippen LogP contribution in [0, 0.1) is 0 Å². The summed E-state index contributed by atoms with van der Waals surface area (Å²) in [4.78, 5) is 47.7. The average Bonchev–Trinajstić information content (AvgIpc) is 3.29. The number of phosphoric ester groups is 1. The monoisotopic (exact) mass is 567 g/mol. The van der Waals surface area contributed by atoms with Crippen molar-refractivity contribution >= 4 is 30.9 Å². The number of anilines is 1. The number of ether oxygens (including phenoxy) is 1. The third-order valence-corrected chi connectivity index (χ3v) is 5.62. The van der Waals surface area contributed by atoms with Crippen molar-refractivity contribution in [3.8, 4) is 0 Å². The van der Waals surface area contributed by atoms with Gasteiger partial charge in [0.05, 0.1) is 13.2 Å². The molecule has 1 aliphatic heterocycles. The smallest absolute Gasteiger partial charge is 0.490 e. The fourth-order valence-corrected chi connectivity index (χ4v) is 3.86. The van der Waals surface area contributed by atoms with E-state index in [1.807, 2.05) is 30.3 Å². The van der Waals surface area contributed by atoms with Crippen LogP contribution in [0.15, 0.2) is 41.5 Å². The number of hydrogen-bond donors (Lipinski definition) is 6. The molecule has 1 fully saturated rings. The molecule has 38 heavy (non-hydrogen) atoms. The first-order valence-electron chi connectivity index (χ1n) is 10.4. The maximum atomic E-state index is 12.6. The van der Waals surface area contributed by atoms with Crippen molar-refractivity contribution in [1.82, 2.24) is 14.5 Å². The predicted octanol–water partition coefficient (Wildman–Crippen LogP) is -1.63. The van der Waals surface area contributed by atoms with Crippen LogP contribution in [-0.2, 0) is 25.2 Å². The number of carboxylic acids is 1. The van der Waals surface area contributed by atoms with Crippen LogP contribution in [0.3, 0.4) is 0 Å². The highest BCUT2D eigenvalue weighted by Gasteiger charge is 2.47. The van der Waals surface area contributed by atoms with Gasteiger partial charge in [0.2, 0.25) is 11.7 Å². The number of aromatic nitrogens is 4. The quantitative estimate of drug-likeness (QED) is 0.145. The molecule has 0 radical (unpaired) electrons. The van der Waals surface area contributed by atoms with Crippen molar-refractivity contribution in [2.24, 2.45) is 0 Å². The van der Waals surface area contributed by atoms with Gasteiger partial charge in [-0.3, -0.25) is 18.9 Å². The molecule has 1 aromatic carbocycles. The second-order valence-corrected chi connectivity index (χ2v) is 9.07. The zero-order valence-corrected chi connectivity index (χ0v) is 19.8. The van der Waals surface area contributed by atoms with E-state index in [9.17, 15) is 37.6 Å². The number of nitrogen functional groups attached to an aromatic ring is 1. The molecule has 3 aromatic rings. The van der Waals surface area contributed by atoms with Gasteiger partial charge in [-0.1, -0.05) is 35.3 Å². The van der Waals surface area contributed by atoms with E-state index in [1.54, 1.807) is 4.57 Å². The number of hydrogen-bond acceptors (Lipinski definition) is 10. The molecule has 1 saturated heterocycles. The van der Waals surface area contributed by atoms with Crippen LogP contribution in [0.5, 0.6) is 0 Å². The first-order chi connectivity index (χ1) is 17.6. The molecular weight excluding hydrogens is 546 g/mol. The number of fused-ring (bicyclic) bond motifs is 1. The number of nitrogens with two attached hydrogens (primary N) is 1. The molecule has 19 heteroatoms. The Balaban J connectivity index is 0.000000505. The fourth-order valence-electron chi connectivity index (χ4n) is 3.52. The van der Waals surface area contributed by atoms with Gasteiger partial charge in [-0.25, -0.2) is 9.36 Å². The van der Waals surface area contributed by atoms with Gasteiger partial charge >= 0.3 is 17.8 Å². The Kier molecular flexibility index (Phi) is 8.57. The largest absolute Gasteiger partial charge is 0.756 e. The minimum Gasteiger partial charge on any atom is -0.756 e. The number of nitrogens with zero attached hydrogens (tertiary/aromatic N) is 3. The number of aromatic amines is 1. The van der Waals surface area contributed by atoms with Crippen molar-refractivity contribution in [1.29, 1.82) is 0 Å². The summed E-state index contributed by atoms with van der Waals surface area (Å²) in [6.45, 7) is -0.424. The lowest BCUT2D eigenvalue weighted by molar-refractivity contribution is -0.745. The van der Waals surface area contributed by atoms with E-state index in [1.165, 1.54) is 10.9 Å².